The van der Waals surface area contributed by atoms with Gasteiger partial charge < -0.3 is 19.0 Å². The largest absolute Gasteiger partial charge is 0.466 e. The van der Waals surface area contributed by atoms with Gasteiger partial charge in [-0.15, -0.1) is 0 Å². The molecule has 2 amide bonds. The van der Waals surface area contributed by atoms with Gasteiger partial charge in [0.1, 0.15) is 11.5 Å². The first-order valence-corrected chi connectivity index (χ1v) is 9.00. The summed E-state index contributed by atoms with van der Waals surface area (Å²) in [5.41, 5.74) is 0.576. The number of rotatable bonds is 5. The Bertz CT molecular complexity index is 613. The van der Waals surface area contributed by atoms with Crippen LogP contribution in [0.25, 0.3) is 0 Å². The molecule has 140 valence electrons. The molecule has 0 radical (unpaired) electrons. The molecule has 1 aliphatic heterocycles. The minimum absolute atomic E-state index is 0.0115. The molecule has 1 saturated heterocycles. The number of carbonyl (C=O) groups excluding carboxylic acids is 2. The average Bonchev–Trinajstić information content (AvgIpc) is 2.84. The Balaban J connectivity index is 2.01. The number of nitrogens with zero attached hydrogens (tertiary/aromatic N) is 2. The Hall–Kier alpha value is -1.82. The van der Waals surface area contributed by atoms with E-state index in [0.29, 0.717) is 37.4 Å². The molecule has 1 aromatic heterocycles. The van der Waals surface area contributed by atoms with Crippen molar-refractivity contribution in [2.24, 2.45) is 0 Å². The van der Waals surface area contributed by atoms with Crippen LogP contribution in [-0.4, -0.2) is 59.5 Å². The molecule has 0 N–H and O–H groups in total. The third-order valence-electron chi connectivity index (χ3n) is 4.49. The van der Waals surface area contributed by atoms with Gasteiger partial charge in [-0.1, -0.05) is 0 Å². The maximum atomic E-state index is 12.8. The van der Waals surface area contributed by atoms with Crippen molar-refractivity contribution in [2.75, 3.05) is 19.6 Å². The topological polar surface area (TPSA) is 63.0 Å². The van der Waals surface area contributed by atoms with Gasteiger partial charge in [0.05, 0.1) is 17.8 Å². The first-order valence-electron chi connectivity index (χ1n) is 9.00. The molecule has 6 nitrogen and oxygen atoms in total. The van der Waals surface area contributed by atoms with Crippen LogP contribution in [0.3, 0.4) is 0 Å². The molecular weight excluding hydrogens is 320 g/mol. The lowest BCUT2D eigenvalue weighted by atomic mass is 10.1. The number of aryl methyl sites for hydroxylation is 2. The van der Waals surface area contributed by atoms with Crippen LogP contribution in [0.4, 0.5) is 0 Å². The molecule has 2 unspecified atom stereocenters. The van der Waals surface area contributed by atoms with E-state index in [2.05, 4.69) is 0 Å². The quantitative estimate of drug-likeness (QED) is 0.819. The minimum Gasteiger partial charge on any atom is -0.466 e. The number of ether oxygens (including phenoxy) is 1. The van der Waals surface area contributed by atoms with Crippen LogP contribution in [0.1, 0.15) is 56.0 Å². The summed E-state index contributed by atoms with van der Waals surface area (Å²) in [5.74, 6) is 1.33. The van der Waals surface area contributed by atoms with Crippen LogP contribution in [0.5, 0.6) is 0 Å². The van der Waals surface area contributed by atoms with Crippen molar-refractivity contribution in [3.8, 4) is 0 Å². The van der Waals surface area contributed by atoms with E-state index in [4.69, 9.17) is 9.15 Å². The standard InChI is InChI=1S/C19H30N2O4/c1-12(2)21(19(23)17-9-13(3)25-16(17)6)8-7-18(22)20-10-14(4)24-15(5)11-20/h9,12,14-15H,7-8,10-11H2,1-6H3. The molecule has 6 heteroatoms. The van der Waals surface area contributed by atoms with Gasteiger partial charge in [-0.25, -0.2) is 0 Å². The van der Waals surface area contributed by atoms with E-state index in [1.807, 2.05) is 39.5 Å². The highest BCUT2D eigenvalue weighted by molar-refractivity contribution is 5.95. The lowest BCUT2D eigenvalue weighted by Crippen LogP contribution is -2.49. The number of hydrogen-bond donors (Lipinski definition) is 0. The monoisotopic (exact) mass is 350 g/mol. The van der Waals surface area contributed by atoms with Crippen LogP contribution in [-0.2, 0) is 9.53 Å². The van der Waals surface area contributed by atoms with E-state index in [1.54, 1.807) is 17.9 Å². The smallest absolute Gasteiger partial charge is 0.257 e. The molecule has 1 aliphatic rings. The lowest BCUT2D eigenvalue weighted by molar-refractivity contribution is -0.143. The summed E-state index contributed by atoms with van der Waals surface area (Å²) in [7, 11) is 0. The zero-order valence-corrected chi connectivity index (χ0v) is 16.2. The fraction of sp³-hybridized carbons (Fsp3) is 0.684. The lowest BCUT2D eigenvalue weighted by Gasteiger charge is -2.36. The normalized spacial score (nSPS) is 20.8. The summed E-state index contributed by atoms with van der Waals surface area (Å²) in [4.78, 5) is 29.0. The summed E-state index contributed by atoms with van der Waals surface area (Å²) in [5, 5.41) is 0. The van der Waals surface area contributed by atoms with Gasteiger partial charge in [-0.3, -0.25) is 9.59 Å². The molecule has 0 aromatic carbocycles. The van der Waals surface area contributed by atoms with Gasteiger partial charge in [-0.05, 0) is 47.6 Å². The van der Waals surface area contributed by atoms with Gasteiger partial charge in [0.2, 0.25) is 5.91 Å². The highest BCUT2D eigenvalue weighted by Gasteiger charge is 2.28. The zero-order chi connectivity index (χ0) is 18.7. The predicted octanol–water partition coefficient (Wildman–Crippen LogP) is 2.77. The first-order chi connectivity index (χ1) is 11.7. The Morgan fingerprint density at radius 1 is 1.24 bits per heavy atom. The summed E-state index contributed by atoms with van der Waals surface area (Å²) in [6.45, 7) is 13.1. The zero-order valence-electron chi connectivity index (χ0n) is 16.2. The average molecular weight is 350 g/mol. The molecule has 1 aromatic rings. The molecule has 0 saturated carbocycles. The minimum atomic E-state index is -0.0825. The van der Waals surface area contributed by atoms with Gasteiger partial charge >= 0.3 is 0 Å². The van der Waals surface area contributed by atoms with Crippen LogP contribution < -0.4 is 0 Å². The van der Waals surface area contributed by atoms with Crippen LogP contribution in [0.15, 0.2) is 10.5 Å². The van der Waals surface area contributed by atoms with E-state index in [9.17, 15) is 9.59 Å². The van der Waals surface area contributed by atoms with Gasteiger partial charge in [0.15, 0.2) is 0 Å². The maximum Gasteiger partial charge on any atom is 0.257 e. The van der Waals surface area contributed by atoms with Crippen molar-refractivity contribution in [1.29, 1.82) is 0 Å². The Morgan fingerprint density at radius 2 is 1.84 bits per heavy atom. The van der Waals surface area contributed by atoms with Crippen molar-refractivity contribution in [1.82, 2.24) is 9.80 Å². The number of furan rings is 1. The SMILES string of the molecule is Cc1cc(C(=O)N(CCC(=O)N2CC(C)OC(C)C2)C(C)C)c(C)o1. The van der Waals surface area contributed by atoms with Crippen LogP contribution >= 0.6 is 0 Å². The predicted molar refractivity (Wildman–Crippen MR) is 95.6 cm³/mol. The number of carbonyl (C=O) groups is 2. The van der Waals surface area contributed by atoms with Gasteiger partial charge in [-0.2, -0.15) is 0 Å². The van der Waals surface area contributed by atoms with Gasteiger partial charge in [0.25, 0.3) is 5.91 Å². The van der Waals surface area contributed by atoms with Crippen molar-refractivity contribution < 1.29 is 18.7 Å². The van der Waals surface area contributed by atoms with Crippen molar-refractivity contribution >= 4 is 11.8 Å². The van der Waals surface area contributed by atoms with E-state index in [-0.39, 0.29) is 30.1 Å². The second kappa shape index (κ2) is 8.04. The second-order valence-corrected chi connectivity index (χ2v) is 7.23. The Labute approximate surface area is 150 Å². The van der Waals surface area contributed by atoms with Crippen LogP contribution in [0.2, 0.25) is 0 Å². The second-order valence-electron chi connectivity index (χ2n) is 7.23. The van der Waals surface area contributed by atoms with E-state index in [0.717, 1.165) is 5.76 Å². The fourth-order valence-electron chi connectivity index (χ4n) is 3.35. The fourth-order valence-corrected chi connectivity index (χ4v) is 3.35. The Morgan fingerprint density at radius 3 is 2.32 bits per heavy atom. The molecule has 0 bridgehead atoms. The molecule has 0 spiro atoms. The molecule has 2 atom stereocenters. The molecule has 1 fully saturated rings. The maximum absolute atomic E-state index is 12.8. The molecule has 25 heavy (non-hydrogen) atoms. The number of morpholine rings is 1. The van der Waals surface area contributed by atoms with E-state index in [1.165, 1.54) is 0 Å². The molecule has 0 aliphatic carbocycles. The van der Waals surface area contributed by atoms with Crippen molar-refractivity contribution in [3.63, 3.8) is 0 Å². The third-order valence-corrected chi connectivity index (χ3v) is 4.49. The van der Waals surface area contributed by atoms with E-state index >= 15 is 0 Å². The summed E-state index contributed by atoms with van der Waals surface area (Å²) in [6, 6.07) is 1.78. The molecule has 2 rings (SSSR count). The first kappa shape index (κ1) is 19.5. The summed E-state index contributed by atoms with van der Waals surface area (Å²) in [6.07, 6.45) is 0.415. The number of amides is 2. The summed E-state index contributed by atoms with van der Waals surface area (Å²) >= 11 is 0. The van der Waals surface area contributed by atoms with Crippen molar-refractivity contribution in [2.45, 2.75) is 66.2 Å². The molecule has 2 heterocycles. The highest BCUT2D eigenvalue weighted by Crippen LogP contribution is 2.18. The van der Waals surface area contributed by atoms with Crippen molar-refractivity contribution in [3.05, 3.63) is 23.2 Å². The number of hydrogen-bond acceptors (Lipinski definition) is 4. The third kappa shape index (κ3) is 4.84. The van der Waals surface area contributed by atoms with E-state index < -0.39 is 0 Å². The summed E-state index contributed by atoms with van der Waals surface area (Å²) < 4.78 is 11.1. The van der Waals surface area contributed by atoms with Gasteiger partial charge in [0, 0.05) is 32.1 Å². The Kier molecular flexibility index (Phi) is 6.27. The molecular formula is C19H30N2O4. The highest BCUT2D eigenvalue weighted by atomic mass is 16.5. The van der Waals surface area contributed by atoms with Crippen LogP contribution in [0, 0.1) is 13.8 Å².